The Bertz CT molecular complexity index is 772. The van der Waals surface area contributed by atoms with Crippen molar-refractivity contribution in [2.75, 3.05) is 12.4 Å². The van der Waals surface area contributed by atoms with Crippen molar-refractivity contribution in [3.05, 3.63) is 41.0 Å². The molecule has 3 aromatic rings. The number of anilines is 1. The predicted octanol–water partition coefficient (Wildman–Crippen LogP) is 3.97. The van der Waals surface area contributed by atoms with Crippen LogP contribution >= 0.6 is 11.3 Å². The molecule has 0 spiro atoms. The molecule has 0 atom stereocenters. The van der Waals surface area contributed by atoms with Crippen LogP contribution in [0.1, 0.15) is 4.88 Å². The van der Waals surface area contributed by atoms with Crippen molar-refractivity contribution < 1.29 is 9.13 Å². The number of nitrogens with zero attached hydrogens (tertiary/aromatic N) is 2. The van der Waals surface area contributed by atoms with Gasteiger partial charge in [0.05, 0.1) is 5.39 Å². The summed E-state index contributed by atoms with van der Waals surface area (Å²) in [4.78, 5) is 10.5. The van der Waals surface area contributed by atoms with Crippen molar-refractivity contribution in [3.63, 3.8) is 0 Å². The van der Waals surface area contributed by atoms with Gasteiger partial charge in [-0.25, -0.2) is 9.37 Å². The zero-order chi connectivity index (χ0) is 14.1. The number of benzene rings is 1. The van der Waals surface area contributed by atoms with E-state index in [1.165, 1.54) is 6.07 Å². The van der Waals surface area contributed by atoms with Crippen LogP contribution in [0.2, 0.25) is 0 Å². The Morgan fingerprint density at radius 1 is 1.25 bits per heavy atom. The lowest BCUT2D eigenvalue weighted by atomic mass is 10.3. The van der Waals surface area contributed by atoms with Crippen LogP contribution in [0.4, 0.5) is 10.3 Å². The summed E-state index contributed by atoms with van der Waals surface area (Å²) in [5, 5.41) is 3.67. The fourth-order valence-electron chi connectivity index (χ4n) is 1.84. The highest BCUT2D eigenvalue weighted by Crippen LogP contribution is 2.34. The molecule has 0 fully saturated rings. The molecule has 2 heterocycles. The summed E-state index contributed by atoms with van der Waals surface area (Å²) in [7, 11) is 1.73. The monoisotopic (exact) mass is 289 g/mol. The van der Waals surface area contributed by atoms with E-state index in [9.17, 15) is 4.39 Å². The van der Waals surface area contributed by atoms with Crippen molar-refractivity contribution in [1.29, 1.82) is 0 Å². The molecule has 0 radical (unpaired) electrons. The molecule has 0 amide bonds. The summed E-state index contributed by atoms with van der Waals surface area (Å²) in [5.74, 6) is 0.537. The minimum absolute atomic E-state index is 0.151. The van der Waals surface area contributed by atoms with E-state index in [1.807, 2.05) is 13.0 Å². The molecule has 0 saturated carbocycles. The Kier molecular flexibility index (Phi) is 3.23. The largest absolute Gasteiger partial charge is 0.435 e. The van der Waals surface area contributed by atoms with Gasteiger partial charge in [0.2, 0.25) is 11.8 Å². The molecular formula is C14H12FN3OS. The number of nitrogens with one attached hydrogen (secondary N) is 1. The third-order valence-corrected chi connectivity index (χ3v) is 3.69. The number of rotatable bonds is 3. The van der Waals surface area contributed by atoms with Gasteiger partial charge < -0.3 is 10.1 Å². The van der Waals surface area contributed by atoms with Crippen LogP contribution < -0.4 is 10.1 Å². The van der Waals surface area contributed by atoms with Gasteiger partial charge in [-0.2, -0.15) is 4.98 Å². The van der Waals surface area contributed by atoms with E-state index in [1.54, 1.807) is 36.6 Å². The third-order valence-electron chi connectivity index (χ3n) is 2.75. The van der Waals surface area contributed by atoms with Crippen LogP contribution in [0.15, 0.2) is 30.3 Å². The van der Waals surface area contributed by atoms with E-state index in [0.717, 1.165) is 15.1 Å². The average molecular weight is 289 g/mol. The van der Waals surface area contributed by atoms with Gasteiger partial charge in [-0.05, 0) is 25.1 Å². The molecule has 102 valence electrons. The molecule has 0 bridgehead atoms. The molecule has 3 rings (SSSR count). The number of thiophene rings is 1. The maximum atomic E-state index is 13.7. The fourth-order valence-corrected chi connectivity index (χ4v) is 2.71. The molecule has 0 saturated heterocycles. The fraction of sp³-hybridized carbons (Fsp3) is 0.143. The van der Waals surface area contributed by atoms with Gasteiger partial charge >= 0.3 is 0 Å². The highest BCUT2D eigenvalue weighted by Gasteiger charge is 2.13. The predicted molar refractivity (Wildman–Crippen MR) is 78.2 cm³/mol. The van der Waals surface area contributed by atoms with Crippen LogP contribution in [0, 0.1) is 12.7 Å². The second kappa shape index (κ2) is 5.05. The molecule has 4 nitrogen and oxygen atoms in total. The van der Waals surface area contributed by atoms with E-state index in [2.05, 4.69) is 15.3 Å². The van der Waals surface area contributed by atoms with Gasteiger partial charge in [0.1, 0.15) is 4.83 Å². The maximum Gasteiger partial charge on any atom is 0.233 e. The standard InChI is InChI=1S/C14H12FN3OS/c1-8-7-9-12(17-14(16-2)18-13(9)20-8)19-11-6-4-3-5-10(11)15/h3-7H,1-2H3,(H,16,17,18). The van der Waals surface area contributed by atoms with Crippen molar-refractivity contribution in [2.45, 2.75) is 6.92 Å². The normalized spacial score (nSPS) is 10.8. The molecule has 1 aromatic carbocycles. The van der Waals surface area contributed by atoms with E-state index < -0.39 is 5.82 Å². The van der Waals surface area contributed by atoms with Crippen LogP contribution in [-0.4, -0.2) is 17.0 Å². The summed E-state index contributed by atoms with van der Waals surface area (Å²) >= 11 is 1.55. The minimum Gasteiger partial charge on any atom is -0.435 e. The number of aryl methyl sites for hydroxylation is 1. The molecular weight excluding hydrogens is 277 g/mol. The van der Waals surface area contributed by atoms with E-state index in [0.29, 0.717) is 11.8 Å². The van der Waals surface area contributed by atoms with Crippen LogP contribution in [-0.2, 0) is 0 Å². The Balaban J connectivity index is 2.12. The van der Waals surface area contributed by atoms with Gasteiger partial charge in [-0.15, -0.1) is 11.3 Å². The van der Waals surface area contributed by atoms with Crippen LogP contribution in [0.3, 0.4) is 0 Å². The van der Waals surface area contributed by atoms with Crippen molar-refractivity contribution in [3.8, 4) is 11.6 Å². The van der Waals surface area contributed by atoms with Crippen LogP contribution in [0.25, 0.3) is 10.2 Å². The second-order valence-corrected chi connectivity index (χ2v) is 5.45. The molecule has 6 heteroatoms. The van der Waals surface area contributed by atoms with Crippen molar-refractivity contribution in [1.82, 2.24) is 9.97 Å². The lowest BCUT2D eigenvalue weighted by Crippen LogP contribution is -1.98. The summed E-state index contributed by atoms with van der Waals surface area (Å²) in [6, 6.07) is 8.20. The topological polar surface area (TPSA) is 47.0 Å². The molecule has 0 aliphatic heterocycles. The smallest absolute Gasteiger partial charge is 0.233 e. The first-order valence-corrected chi connectivity index (χ1v) is 6.87. The molecule has 2 aromatic heterocycles. The average Bonchev–Trinajstić information content (AvgIpc) is 2.81. The van der Waals surface area contributed by atoms with E-state index in [4.69, 9.17) is 4.74 Å². The van der Waals surface area contributed by atoms with Gasteiger partial charge in [0, 0.05) is 11.9 Å². The Morgan fingerprint density at radius 3 is 2.80 bits per heavy atom. The van der Waals surface area contributed by atoms with Crippen molar-refractivity contribution >= 4 is 27.5 Å². The number of ether oxygens (including phenoxy) is 1. The number of para-hydroxylation sites is 1. The van der Waals surface area contributed by atoms with Gasteiger partial charge in [-0.1, -0.05) is 12.1 Å². The zero-order valence-corrected chi connectivity index (χ0v) is 11.8. The van der Waals surface area contributed by atoms with Crippen molar-refractivity contribution in [2.24, 2.45) is 0 Å². The summed E-state index contributed by atoms with van der Waals surface area (Å²) in [5.41, 5.74) is 0. The van der Waals surface area contributed by atoms with Gasteiger partial charge in [0.15, 0.2) is 11.6 Å². The van der Waals surface area contributed by atoms with Gasteiger partial charge in [-0.3, -0.25) is 0 Å². The molecule has 1 N–H and O–H groups in total. The maximum absolute atomic E-state index is 13.7. The number of hydrogen-bond acceptors (Lipinski definition) is 5. The summed E-state index contributed by atoms with van der Waals surface area (Å²) in [6.45, 7) is 1.98. The number of fused-ring (bicyclic) bond motifs is 1. The third kappa shape index (κ3) is 2.30. The Hall–Kier alpha value is -2.21. The first-order valence-electron chi connectivity index (χ1n) is 6.05. The first-order chi connectivity index (χ1) is 9.67. The molecule has 0 aliphatic carbocycles. The number of aromatic nitrogens is 2. The molecule has 20 heavy (non-hydrogen) atoms. The Morgan fingerprint density at radius 2 is 2.05 bits per heavy atom. The SMILES string of the molecule is CNc1nc(Oc2ccccc2F)c2cc(C)sc2n1. The quantitative estimate of drug-likeness (QED) is 0.792. The highest BCUT2D eigenvalue weighted by molar-refractivity contribution is 7.18. The van der Waals surface area contributed by atoms with Gasteiger partial charge in [0.25, 0.3) is 0 Å². The van der Waals surface area contributed by atoms with E-state index >= 15 is 0 Å². The van der Waals surface area contributed by atoms with E-state index in [-0.39, 0.29) is 5.75 Å². The van der Waals surface area contributed by atoms with Crippen LogP contribution in [0.5, 0.6) is 11.6 Å². The summed E-state index contributed by atoms with van der Waals surface area (Å²) < 4.78 is 19.3. The minimum atomic E-state index is -0.419. The zero-order valence-electron chi connectivity index (χ0n) is 11.0. The molecule has 0 unspecified atom stereocenters. The summed E-state index contributed by atoms with van der Waals surface area (Å²) in [6.07, 6.45) is 0. The highest BCUT2D eigenvalue weighted by atomic mass is 32.1. The Labute approximate surface area is 119 Å². The second-order valence-electron chi connectivity index (χ2n) is 4.21. The molecule has 0 aliphatic rings. The lowest BCUT2D eigenvalue weighted by Gasteiger charge is -2.08. The number of halogens is 1. The first kappa shape index (κ1) is 12.8. The number of hydrogen-bond donors (Lipinski definition) is 1. The lowest BCUT2D eigenvalue weighted by molar-refractivity contribution is 0.432.